The maximum Gasteiger partial charge on any atom is 0.410 e. The van der Waals surface area contributed by atoms with Crippen LogP contribution in [0.2, 0.25) is 0 Å². The molecule has 1 unspecified atom stereocenters. The Labute approximate surface area is 168 Å². The average molecular weight is 407 g/mol. The first-order chi connectivity index (χ1) is 13.3. The lowest BCUT2D eigenvalue weighted by Gasteiger charge is -2.34. The smallest absolute Gasteiger partial charge is 0.410 e. The summed E-state index contributed by atoms with van der Waals surface area (Å²) in [5.41, 5.74) is 0.398. The summed E-state index contributed by atoms with van der Waals surface area (Å²) in [4.78, 5) is 18.3. The van der Waals surface area contributed by atoms with Crippen LogP contribution in [0.4, 0.5) is 4.79 Å². The van der Waals surface area contributed by atoms with Crippen molar-refractivity contribution in [2.24, 2.45) is 0 Å². The summed E-state index contributed by atoms with van der Waals surface area (Å²) in [6.07, 6.45) is -0.573. The molecular weight excluding hydrogens is 382 g/mol. The van der Waals surface area contributed by atoms with Crippen molar-refractivity contribution in [1.82, 2.24) is 14.3 Å². The highest BCUT2D eigenvalue weighted by Gasteiger charge is 2.29. The zero-order valence-corrected chi connectivity index (χ0v) is 17.3. The Bertz CT molecular complexity index is 805. The van der Waals surface area contributed by atoms with E-state index in [1.54, 1.807) is 12.0 Å². The van der Waals surface area contributed by atoms with Crippen LogP contribution < -0.4 is 4.74 Å². The molecule has 2 aromatic rings. The van der Waals surface area contributed by atoms with Gasteiger partial charge in [-0.15, -0.1) is 0 Å². The summed E-state index contributed by atoms with van der Waals surface area (Å²) in [5.74, 6) is 1.22. The predicted molar refractivity (Wildman–Crippen MR) is 104 cm³/mol. The zero-order valence-electron chi connectivity index (χ0n) is 16.5. The maximum atomic E-state index is 12.4. The van der Waals surface area contributed by atoms with E-state index < -0.39 is 5.60 Å². The summed E-state index contributed by atoms with van der Waals surface area (Å²) in [6.45, 7) is 7.30. The van der Waals surface area contributed by atoms with Gasteiger partial charge in [0.05, 0.1) is 13.2 Å². The van der Waals surface area contributed by atoms with Crippen LogP contribution in [-0.4, -0.2) is 52.8 Å². The van der Waals surface area contributed by atoms with E-state index in [2.05, 4.69) is 9.36 Å². The van der Waals surface area contributed by atoms with E-state index in [1.807, 2.05) is 45.0 Å². The van der Waals surface area contributed by atoms with Crippen molar-refractivity contribution in [2.45, 2.75) is 39.1 Å². The second kappa shape index (κ2) is 8.85. The van der Waals surface area contributed by atoms with Gasteiger partial charge < -0.3 is 23.8 Å². The Hall–Kier alpha value is -2.23. The van der Waals surface area contributed by atoms with Crippen molar-refractivity contribution in [3.8, 4) is 10.9 Å². The van der Waals surface area contributed by atoms with Crippen LogP contribution >= 0.6 is 11.5 Å². The zero-order chi connectivity index (χ0) is 20.1. The number of methoxy groups -OCH3 is 1. The topological polar surface area (TPSA) is 83.0 Å². The lowest BCUT2D eigenvalue weighted by molar-refractivity contribution is -0.0433. The van der Waals surface area contributed by atoms with E-state index in [0.29, 0.717) is 43.1 Å². The first-order valence-corrected chi connectivity index (χ1v) is 9.80. The highest BCUT2D eigenvalue weighted by Crippen LogP contribution is 2.29. The van der Waals surface area contributed by atoms with Gasteiger partial charge in [-0.05, 0) is 38.5 Å². The SMILES string of the molecule is COCc1nsc(Oc2cccc(C3CN(C(=O)OC(C)(C)C)CCO3)c2)n1. The highest BCUT2D eigenvalue weighted by molar-refractivity contribution is 7.07. The molecule has 1 fully saturated rings. The van der Waals surface area contributed by atoms with E-state index in [9.17, 15) is 4.79 Å². The molecule has 152 valence electrons. The quantitative estimate of drug-likeness (QED) is 0.746. The minimum atomic E-state index is -0.526. The fraction of sp³-hybridized carbons (Fsp3) is 0.526. The third kappa shape index (κ3) is 5.63. The minimum Gasteiger partial charge on any atom is -0.444 e. The molecule has 8 nitrogen and oxygen atoms in total. The van der Waals surface area contributed by atoms with Gasteiger partial charge in [0.15, 0.2) is 5.82 Å². The molecule has 1 atom stereocenters. The van der Waals surface area contributed by atoms with Crippen LogP contribution in [0.25, 0.3) is 0 Å². The molecule has 3 rings (SSSR count). The van der Waals surface area contributed by atoms with Gasteiger partial charge >= 0.3 is 6.09 Å². The summed E-state index contributed by atoms with van der Waals surface area (Å²) in [5, 5.41) is 0.448. The predicted octanol–water partition coefficient (Wildman–Crippen LogP) is 3.79. The van der Waals surface area contributed by atoms with Crippen molar-refractivity contribution in [3.05, 3.63) is 35.7 Å². The van der Waals surface area contributed by atoms with Gasteiger partial charge in [0.25, 0.3) is 5.19 Å². The molecule has 1 saturated heterocycles. The monoisotopic (exact) mass is 407 g/mol. The third-order valence-corrected chi connectivity index (χ3v) is 4.51. The van der Waals surface area contributed by atoms with Crippen LogP contribution in [0.5, 0.6) is 10.9 Å². The van der Waals surface area contributed by atoms with Crippen molar-refractivity contribution in [1.29, 1.82) is 0 Å². The molecule has 1 aromatic carbocycles. The number of carbonyl (C=O) groups is 1. The molecule has 0 spiro atoms. The summed E-state index contributed by atoms with van der Waals surface area (Å²) < 4.78 is 26.3. The van der Waals surface area contributed by atoms with Gasteiger partial charge in [0.1, 0.15) is 24.1 Å². The van der Waals surface area contributed by atoms with Crippen molar-refractivity contribution >= 4 is 17.6 Å². The molecule has 1 aliphatic heterocycles. The molecular formula is C19H25N3O5S. The van der Waals surface area contributed by atoms with Crippen LogP contribution in [0, 0.1) is 0 Å². The van der Waals surface area contributed by atoms with E-state index in [1.165, 1.54) is 11.5 Å². The van der Waals surface area contributed by atoms with Gasteiger partial charge in [-0.2, -0.15) is 9.36 Å². The molecule has 0 bridgehead atoms. The molecule has 1 amide bonds. The number of ether oxygens (including phenoxy) is 4. The van der Waals surface area contributed by atoms with E-state index >= 15 is 0 Å². The largest absolute Gasteiger partial charge is 0.444 e. The molecule has 0 saturated carbocycles. The Morgan fingerprint density at radius 1 is 1.39 bits per heavy atom. The molecule has 0 aliphatic carbocycles. The van der Waals surface area contributed by atoms with Gasteiger partial charge in [-0.25, -0.2) is 4.79 Å². The number of carbonyl (C=O) groups excluding carboxylic acids is 1. The van der Waals surface area contributed by atoms with Crippen LogP contribution in [0.1, 0.15) is 38.3 Å². The molecule has 28 heavy (non-hydrogen) atoms. The fourth-order valence-electron chi connectivity index (χ4n) is 2.69. The third-order valence-electron chi connectivity index (χ3n) is 3.88. The number of morpholine rings is 1. The second-order valence-electron chi connectivity index (χ2n) is 7.37. The van der Waals surface area contributed by atoms with Crippen LogP contribution in [-0.2, 0) is 20.8 Å². The van der Waals surface area contributed by atoms with E-state index in [4.69, 9.17) is 18.9 Å². The fourth-order valence-corrected chi connectivity index (χ4v) is 3.25. The van der Waals surface area contributed by atoms with Gasteiger partial charge in [-0.1, -0.05) is 12.1 Å². The molecule has 2 heterocycles. The van der Waals surface area contributed by atoms with E-state index in [0.717, 1.165) is 5.56 Å². The Kier molecular flexibility index (Phi) is 6.48. The Balaban J connectivity index is 1.66. The number of amides is 1. The molecule has 0 radical (unpaired) electrons. The normalized spacial score (nSPS) is 17.4. The Morgan fingerprint density at radius 2 is 2.21 bits per heavy atom. The van der Waals surface area contributed by atoms with Crippen molar-refractivity contribution in [2.75, 3.05) is 26.8 Å². The molecule has 0 N–H and O–H groups in total. The van der Waals surface area contributed by atoms with Crippen LogP contribution in [0.15, 0.2) is 24.3 Å². The van der Waals surface area contributed by atoms with Gasteiger partial charge in [-0.3, -0.25) is 0 Å². The summed E-state index contributed by atoms with van der Waals surface area (Å²) in [7, 11) is 1.59. The Morgan fingerprint density at radius 3 is 2.96 bits per heavy atom. The summed E-state index contributed by atoms with van der Waals surface area (Å²) in [6, 6.07) is 7.57. The van der Waals surface area contributed by atoms with Crippen molar-refractivity contribution in [3.63, 3.8) is 0 Å². The first-order valence-electron chi connectivity index (χ1n) is 9.03. The van der Waals surface area contributed by atoms with Crippen LogP contribution in [0.3, 0.4) is 0 Å². The summed E-state index contributed by atoms with van der Waals surface area (Å²) >= 11 is 1.17. The second-order valence-corrected chi connectivity index (χ2v) is 8.08. The molecule has 1 aromatic heterocycles. The standard InChI is InChI=1S/C19H25N3O5S/c1-19(2,3)27-18(23)22-8-9-25-15(11-22)13-6-5-7-14(10-13)26-17-20-16(12-24-4)21-28-17/h5-7,10,15H,8-9,11-12H2,1-4H3. The molecule has 9 heteroatoms. The average Bonchev–Trinajstić information content (AvgIpc) is 3.08. The first kappa shape index (κ1) is 20.5. The maximum absolute atomic E-state index is 12.4. The number of benzene rings is 1. The lowest BCUT2D eigenvalue weighted by Crippen LogP contribution is -2.44. The van der Waals surface area contributed by atoms with Gasteiger partial charge in [0.2, 0.25) is 0 Å². The minimum absolute atomic E-state index is 0.247. The lowest BCUT2D eigenvalue weighted by atomic mass is 10.1. The number of hydrogen-bond acceptors (Lipinski definition) is 8. The highest BCUT2D eigenvalue weighted by atomic mass is 32.1. The number of nitrogens with zero attached hydrogens (tertiary/aromatic N) is 3. The molecule has 1 aliphatic rings. The van der Waals surface area contributed by atoms with Crippen molar-refractivity contribution < 1.29 is 23.7 Å². The van der Waals surface area contributed by atoms with E-state index in [-0.39, 0.29) is 12.2 Å². The number of aromatic nitrogens is 2. The number of hydrogen-bond donors (Lipinski definition) is 0. The number of rotatable bonds is 5. The van der Waals surface area contributed by atoms with Gasteiger partial charge in [0, 0.05) is 25.2 Å².